The molecule has 0 heterocycles. The standard InChI is InChI=1S/C19H28O6S/c1-5-6-7-11-14-23-18(19(20)24-15(2)3)17(25-26(4,21)22)16-12-9-8-10-13-16/h7-13,15,17-18H,5-6,14H2,1-4H3/b11-7+. The van der Waals surface area contributed by atoms with E-state index in [1.807, 2.05) is 6.08 Å². The van der Waals surface area contributed by atoms with E-state index in [2.05, 4.69) is 6.92 Å². The maximum absolute atomic E-state index is 12.5. The van der Waals surface area contributed by atoms with Crippen molar-refractivity contribution in [2.24, 2.45) is 0 Å². The van der Waals surface area contributed by atoms with E-state index in [9.17, 15) is 13.2 Å². The molecule has 1 aromatic carbocycles. The molecule has 1 aromatic rings. The van der Waals surface area contributed by atoms with Gasteiger partial charge < -0.3 is 9.47 Å². The first kappa shape index (κ1) is 22.3. The molecule has 2 atom stereocenters. The summed E-state index contributed by atoms with van der Waals surface area (Å²) in [4.78, 5) is 12.5. The molecule has 0 aromatic heterocycles. The van der Waals surface area contributed by atoms with Crippen LogP contribution in [0.1, 0.15) is 45.3 Å². The van der Waals surface area contributed by atoms with E-state index in [0.717, 1.165) is 19.1 Å². The molecule has 0 fully saturated rings. The van der Waals surface area contributed by atoms with Gasteiger partial charge in [0.2, 0.25) is 0 Å². The van der Waals surface area contributed by atoms with Crippen molar-refractivity contribution in [2.45, 2.75) is 51.9 Å². The van der Waals surface area contributed by atoms with E-state index < -0.39 is 28.3 Å². The lowest BCUT2D eigenvalue weighted by Gasteiger charge is -2.25. The zero-order chi connectivity index (χ0) is 19.6. The van der Waals surface area contributed by atoms with Crippen LogP contribution in [0.3, 0.4) is 0 Å². The van der Waals surface area contributed by atoms with E-state index in [4.69, 9.17) is 13.7 Å². The number of hydrogen-bond donors (Lipinski definition) is 0. The third-order valence-electron chi connectivity index (χ3n) is 3.26. The predicted octanol–water partition coefficient (Wildman–Crippen LogP) is 3.40. The lowest BCUT2D eigenvalue weighted by molar-refractivity contribution is -0.166. The fourth-order valence-corrected chi connectivity index (χ4v) is 2.79. The van der Waals surface area contributed by atoms with Crippen LogP contribution in [0.5, 0.6) is 0 Å². The van der Waals surface area contributed by atoms with Crippen LogP contribution >= 0.6 is 0 Å². The highest BCUT2D eigenvalue weighted by atomic mass is 32.2. The molecule has 1 rings (SSSR count). The zero-order valence-electron chi connectivity index (χ0n) is 15.8. The smallest absolute Gasteiger partial charge is 0.338 e. The summed E-state index contributed by atoms with van der Waals surface area (Å²) in [6.07, 6.45) is 3.87. The molecule has 0 bridgehead atoms. The number of esters is 1. The molecule has 6 nitrogen and oxygen atoms in total. The molecule has 0 radical (unpaired) electrons. The number of unbranched alkanes of at least 4 members (excludes halogenated alkanes) is 1. The predicted molar refractivity (Wildman–Crippen MR) is 100 cm³/mol. The fourth-order valence-electron chi connectivity index (χ4n) is 2.20. The van der Waals surface area contributed by atoms with Crippen LogP contribution in [0, 0.1) is 0 Å². The second kappa shape index (κ2) is 11.1. The summed E-state index contributed by atoms with van der Waals surface area (Å²) in [5, 5.41) is 0. The van der Waals surface area contributed by atoms with E-state index in [1.54, 1.807) is 50.3 Å². The number of carbonyl (C=O) groups excluding carboxylic acids is 1. The van der Waals surface area contributed by atoms with Crippen LogP contribution in [0.4, 0.5) is 0 Å². The van der Waals surface area contributed by atoms with Crippen molar-refractivity contribution in [3.05, 3.63) is 48.0 Å². The Labute approximate surface area is 156 Å². The van der Waals surface area contributed by atoms with E-state index in [1.165, 1.54) is 0 Å². The Balaban J connectivity index is 3.11. The molecule has 0 spiro atoms. The van der Waals surface area contributed by atoms with Crippen molar-refractivity contribution in [1.82, 2.24) is 0 Å². The van der Waals surface area contributed by atoms with Crippen LogP contribution in [0.15, 0.2) is 42.5 Å². The molecule has 26 heavy (non-hydrogen) atoms. The Bertz CT molecular complexity index is 667. The van der Waals surface area contributed by atoms with Gasteiger partial charge in [0.1, 0.15) is 6.10 Å². The van der Waals surface area contributed by atoms with E-state index >= 15 is 0 Å². The number of carbonyl (C=O) groups is 1. The summed E-state index contributed by atoms with van der Waals surface area (Å²) in [6, 6.07) is 8.63. The highest BCUT2D eigenvalue weighted by Crippen LogP contribution is 2.27. The van der Waals surface area contributed by atoms with Crippen LogP contribution in [-0.2, 0) is 28.6 Å². The Hall–Kier alpha value is -1.70. The molecule has 146 valence electrons. The largest absolute Gasteiger partial charge is 0.461 e. The molecule has 0 amide bonds. The van der Waals surface area contributed by atoms with Crippen molar-refractivity contribution >= 4 is 16.1 Å². The number of rotatable bonds is 11. The molecule has 0 aliphatic carbocycles. The minimum Gasteiger partial charge on any atom is -0.461 e. The average molecular weight is 384 g/mol. The number of ether oxygens (including phenoxy) is 2. The summed E-state index contributed by atoms with van der Waals surface area (Å²) >= 11 is 0. The summed E-state index contributed by atoms with van der Waals surface area (Å²) in [5.74, 6) is -0.665. The number of benzene rings is 1. The monoisotopic (exact) mass is 384 g/mol. The molecule has 7 heteroatoms. The molecule has 0 aliphatic rings. The van der Waals surface area contributed by atoms with Gasteiger partial charge in [0, 0.05) is 0 Å². The molecule has 0 saturated heterocycles. The summed E-state index contributed by atoms with van der Waals surface area (Å²) in [5.41, 5.74) is 0.515. The van der Waals surface area contributed by atoms with Crippen molar-refractivity contribution in [2.75, 3.05) is 12.9 Å². The van der Waals surface area contributed by atoms with Gasteiger partial charge in [0.05, 0.1) is 19.0 Å². The van der Waals surface area contributed by atoms with Crippen LogP contribution in [0.25, 0.3) is 0 Å². The first-order valence-electron chi connectivity index (χ1n) is 8.65. The maximum atomic E-state index is 12.5. The Morgan fingerprint density at radius 2 is 1.81 bits per heavy atom. The SMILES string of the molecule is CCC/C=C/COC(C(=O)OC(C)C)C(OS(C)(=O)=O)c1ccccc1. The van der Waals surface area contributed by atoms with Gasteiger partial charge in [0.15, 0.2) is 6.10 Å². The Morgan fingerprint density at radius 3 is 2.35 bits per heavy atom. The second-order valence-electron chi connectivity index (χ2n) is 6.13. The normalized spacial score (nSPS) is 14.5. The van der Waals surface area contributed by atoms with Gasteiger partial charge in [0.25, 0.3) is 10.1 Å². The van der Waals surface area contributed by atoms with E-state index in [0.29, 0.717) is 5.56 Å². The third kappa shape index (κ3) is 8.60. The van der Waals surface area contributed by atoms with Gasteiger partial charge in [-0.3, -0.25) is 4.18 Å². The van der Waals surface area contributed by atoms with Gasteiger partial charge in [-0.15, -0.1) is 0 Å². The fraction of sp³-hybridized carbons (Fsp3) is 0.526. The summed E-state index contributed by atoms with van der Waals surface area (Å²) < 4.78 is 39.6. The minimum absolute atomic E-state index is 0.147. The minimum atomic E-state index is -3.82. The van der Waals surface area contributed by atoms with Gasteiger partial charge in [-0.25, -0.2) is 4.79 Å². The molecule has 0 aliphatic heterocycles. The molecular formula is C19H28O6S. The lowest BCUT2D eigenvalue weighted by atomic mass is 10.0. The second-order valence-corrected chi connectivity index (χ2v) is 7.73. The highest BCUT2D eigenvalue weighted by Gasteiger charge is 2.35. The van der Waals surface area contributed by atoms with Crippen LogP contribution < -0.4 is 0 Å². The number of allylic oxidation sites excluding steroid dienone is 1. The Morgan fingerprint density at radius 1 is 1.15 bits per heavy atom. The quantitative estimate of drug-likeness (QED) is 0.330. The van der Waals surface area contributed by atoms with Crippen molar-refractivity contribution < 1.29 is 26.9 Å². The molecule has 2 unspecified atom stereocenters. The van der Waals surface area contributed by atoms with Crippen molar-refractivity contribution in [3.8, 4) is 0 Å². The summed E-state index contributed by atoms with van der Waals surface area (Å²) in [7, 11) is -3.82. The number of hydrogen-bond acceptors (Lipinski definition) is 6. The first-order valence-corrected chi connectivity index (χ1v) is 10.5. The van der Waals surface area contributed by atoms with Gasteiger partial charge in [-0.05, 0) is 25.8 Å². The average Bonchev–Trinajstić information content (AvgIpc) is 2.55. The first-order chi connectivity index (χ1) is 12.2. The molecule has 0 saturated carbocycles. The van der Waals surface area contributed by atoms with Crippen LogP contribution in [-0.4, -0.2) is 39.5 Å². The maximum Gasteiger partial charge on any atom is 0.338 e. The van der Waals surface area contributed by atoms with Gasteiger partial charge >= 0.3 is 5.97 Å². The zero-order valence-corrected chi connectivity index (χ0v) is 16.6. The lowest BCUT2D eigenvalue weighted by Crippen LogP contribution is -2.36. The van der Waals surface area contributed by atoms with Crippen molar-refractivity contribution in [3.63, 3.8) is 0 Å². The third-order valence-corrected chi connectivity index (χ3v) is 3.82. The molecule has 0 N–H and O–H groups in total. The summed E-state index contributed by atoms with van der Waals surface area (Å²) in [6.45, 7) is 5.63. The van der Waals surface area contributed by atoms with E-state index in [-0.39, 0.29) is 12.7 Å². The Kier molecular flexibility index (Phi) is 9.54. The highest BCUT2D eigenvalue weighted by molar-refractivity contribution is 7.86. The van der Waals surface area contributed by atoms with Gasteiger partial charge in [-0.1, -0.05) is 55.8 Å². The topological polar surface area (TPSA) is 78.9 Å². The van der Waals surface area contributed by atoms with Gasteiger partial charge in [-0.2, -0.15) is 8.42 Å². The van der Waals surface area contributed by atoms with Crippen LogP contribution in [0.2, 0.25) is 0 Å². The molecular weight excluding hydrogens is 356 g/mol. The van der Waals surface area contributed by atoms with Crippen molar-refractivity contribution in [1.29, 1.82) is 0 Å².